The Morgan fingerprint density at radius 3 is 2.46 bits per heavy atom. The van der Waals surface area contributed by atoms with Crippen molar-refractivity contribution in [2.45, 2.75) is 0 Å². The summed E-state index contributed by atoms with van der Waals surface area (Å²) in [6.07, 6.45) is 1.79. The molecule has 0 atom stereocenters. The zero-order chi connectivity index (χ0) is 18.1. The van der Waals surface area contributed by atoms with Crippen LogP contribution in [0.1, 0.15) is 0 Å². The number of aromatic amines is 1. The number of rotatable bonds is 3. The van der Waals surface area contributed by atoms with Crippen LogP contribution in [-0.4, -0.2) is 21.0 Å². The van der Waals surface area contributed by atoms with Crippen molar-refractivity contribution >= 4 is 28.0 Å². The number of primary amides is 1. The predicted octanol–water partition coefficient (Wildman–Crippen LogP) is 2.72. The van der Waals surface area contributed by atoms with Gasteiger partial charge in [-0.3, -0.25) is 4.79 Å². The van der Waals surface area contributed by atoms with Gasteiger partial charge in [-0.15, -0.1) is 0 Å². The van der Waals surface area contributed by atoms with Gasteiger partial charge in [0.2, 0.25) is 0 Å². The van der Waals surface area contributed by atoms with E-state index in [9.17, 15) is 9.59 Å². The summed E-state index contributed by atoms with van der Waals surface area (Å²) in [6, 6.07) is 12.2. The van der Waals surface area contributed by atoms with E-state index in [0.717, 1.165) is 5.39 Å². The molecule has 2 aromatic heterocycles. The Hall–Kier alpha value is -3.94. The molecule has 0 aliphatic heterocycles. The maximum absolute atomic E-state index is 11.4. The number of nitrogens with two attached hydrogens (primary N) is 1. The first-order chi connectivity index (χ1) is 12.6. The first kappa shape index (κ1) is 15.6. The van der Waals surface area contributed by atoms with E-state index in [2.05, 4.69) is 15.0 Å². The van der Waals surface area contributed by atoms with Gasteiger partial charge in [-0.2, -0.15) is 0 Å². The molecular formula is C18H12N4O4. The number of hydrogen-bond acceptors (Lipinski definition) is 6. The molecule has 1 amide bonds. The number of fused-ring (bicyclic) bond motifs is 2. The fourth-order valence-corrected chi connectivity index (χ4v) is 2.66. The molecule has 0 saturated carbocycles. The monoisotopic (exact) mass is 348 g/mol. The van der Waals surface area contributed by atoms with Crippen LogP contribution in [0.3, 0.4) is 0 Å². The van der Waals surface area contributed by atoms with Gasteiger partial charge in [0.1, 0.15) is 17.0 Å². The van der Waals surface area contributed by atoms with Crippen molar-refractivity contribution in [1.29, 1.82) is 0 Å². The molecule has 0 fully saturated rings. The molecule has 0 saturated heterocycles. The van der Waals surface area contributed by atoms with Gasteiger partial charge in [0.25, 0.3) is 5.56 Å². The lowest BCUT2D eigenvalue weighted by Gasteiger charge is -2.12. The number of H-pyrrole nitrogens is 1. The fourth-order valence-electron chi connectivity index (χ4n) is 2.66. The van der Waals surface area contributed by atoms with E-state index in [4.69, 9.17) is 15.2 Å². The second kappa shape index (κ2) is 6.17. The first-order valence-corrected chi connectivity index (χ1v) is 7.63. The van der Waals surface area contributed by atoms with Gasteiger partial charge in [0, 0.05) is 23.0 Å². The molecule has 8 heteroatoms. The first-order valence-electron chi connectivity index (χ1n) is 7.63. The summed E-state index contributed by atoms with van der Waals surface area (Å²) < 4.78 is 11.0. The summed E-state index contributed by atoms with van der Waals surface area (Å²) in [6.45, 7) is 0. The molecule has 0 aliphatic carbocycles. The number of hydrogen-bond donors (Lipinski definition) is 2. The molecular weight excluding hydrogens is 336 g/mol. The molecule has 128 valence electrons. The third-order valence-electron chi connectivity index (χ3n) is 3.71. The molecule has 4 rings (SSSR count). The molecule has 0 aliphatic rings. The second-order valence-electron chi connectivity index (χ2n) is 5.38. The topological polar surface area (TPSA) is 120 Å². The van der Waals surface area contributed by atoms with Crippen LogP contribution in [0.4, 0.5) is 4.79 Å². The standard InChI is InChI=1S/C18H12N4O4/c19-18(24)26-13-6-5-12(10-3-1-2-4-11(10)13)25-14-7-8-20-17-16(14)21-9-15(23)22-17/h1-9H,(H2,19,24)(H,20,22,23). The van der Waals surface area contributed by atoms with E-state index in [-0.39, 0.29) is 5.56 Å². The van der Waals surface area contributed by atoms with Crippen LogP contribution in [0.25, 0.3) is 21.9 Å². The van der Waals surface area contributed by atoms with Gasteiger partial charge in [0.05, 0.1) is 6.20 Å². The van der Waals surface area contributed by atoms with Crippen molar-refractivity contribution in [2.24, 2.45) is 5.73 Å². The fraction of sp³-hybridized carbons (Fsp3) is 0. The van der Waals surface area contributed by atoms with Crippen LogP contribution in [0.2, 0.25) is 0 Å². The third-order valence-corrected chi connectivity index (χ3v) is 3.71. The number of benzene rings is 2. The maximum Gasteiger partial charge on any atom is 0.409 e. The van der Waals surface area contributed by atoms with Gasteiger partial charge in [0.15, 0.2) is 11.4 Å². The zero-order valence-corrected chi connectivity index (χ0v) is 13.3. The number of carbonyl (C=O) groups is 1. The Balaban J connectivity index is 1.84. The smallest absolute Gasteiger partial charge is 0.409 e. The van der Waals surface area contributed by atoms with E-state index in [1.54, 1.807) is 24.3 Å². The summed E-state index contributed by atoms with van der Waals surface area (Å²) in [5.74, 6) is 1.29. The average molecular weight is 348 g/mol. The summed E-state index contributed by atoms with van der Waals surface area (Å²) in [4.78, 5) is 33.3. The number of nitrogens with one attached hydrogen (secondary N) is 1. The van der Waals surface area contributed by atoms with E-state index in [1.165, 1.54) is 12.4 Å². The van der Waals surface area contributed by atoms with Gasteiger partial charge >= 0.3 is 6.09 Å². The largest absolute Gasteiger partial charge is 0.454 e. The quantitative estimate of drug-likeness (QED) is 0.587. The lowest BCUT2D eigenvalue weighted by Crippen LogP contribution is -2.16. The van der Waals surface area contributed by atoms with Gasteiger partial charge in [-0.1, -0.05) is 24.3 Å². The van der Waals surface area contributed by atoms with Crippen LogP contribution >= 0.6 is 0 Å². The maximum atomic E-state index is 11.4. The van der Waals surface area contributed by atoms with Crippen LogP contribution in [0, 0.1) is 0 Å². The van der Waals surface area contributed by atoms with Crippen LogP contribution < -0.4 is 20.8 Å². The summed E-state index contributed by atoms with van der Waals surface area (Å²) >= 11 is 0. The van der Waals surface area contributed by atoms with Crippen molar-refractivity contribution in [3.05, 3.63) is 65.2 Å². The highest BCUT2D eigenvalue weighted by Crippen LogP contribution is 2.36. The van der Waals surface area contributed by atoms with Crippen LogP contribution in [-0.2, 0) is 0 Å². The molecule has 2 heterocycles. The van der Waals surface area contributed by atoms with E-state index >= 15 is 0 Å². The molecule has 2 aromatic carbocycles. The number of amides is 1. The Labute approximate surface area is 146 Å². The predicted molar refractivity (Wildman–Crippen MR) is 94.4 cm³/mol. The molecule has 26 heavy (non-hydrogen) atoms. The molecule has 4 aromatic rings. The summed E-state index contributed by atoms with van der Waals surface area (Å²) in [7, 11) is 0. The summed E-state index contributed by atoms with van der Waals surface area (Å²) in [5, 5.41) is 1.39. The molecule has 8 nitrogen and oxygen atoms in total. The Morgan fingerprint density at radius 2 is 1.69 bits per heavy atom. The Bertz CT molecular complexity index is 1200. The average Bonchev–Trinajstić information content (AvgIpc) is 2.63. The highest BCUT2D eigenvalue weighted by molar-refractivity contribution is 5.95. The third kappa shape index (κ3) is 2.80. The second-order valence-corrected chi connectivity index (χ2v) is 5.38. The van der Waals surface area contributed by atoms with Crippen molar-refractivity contribution in [3.8, 4) is 17.2 Å². The number of carbonyl (C=O) groups excluding carboxylic acids is 1. The minimum absolute atomic E-state index is 0.327. The molecule has 0 radical (unpaired) electrons. The minimum Gasteiger partial charge on any atom is -0.454 e. The van der Waals surface area contributed by atoms with E-state index < -0.39 is 6.09 Å². The van der Waals surface area contributed by atoms with Gasteiger partial charge in [-0.25, -0.2) is 14.8 Å². The lowest BCUT2D eigenvalue weighted by atomic mass is 10.1. The Kier molecular flexibility index (Phi) is 3.70. The highest BCUT2D eigenvalue weighted by Gasteiger charge is 2.12. The van der Waals surface area contributed by atoms with Crippen molar-refractivity contribution < 1.29 is 14.3 Å². The van der Waals surface area contributed by atoms with E-state index in [1.807, 2.05) is 18.2 Å². The van der Waals surface area contributed by atoms with Gasteiger partial charge in [-0.05, 0) is 12.1 Å². The van der Waals surface area contributed by atoms with Crippen molar-refractivity contribution in [1.82, 2.24) is 15.0 Å². The van der Waals surface area contributed by atoms with Crippen molar-refractivity contribution in [3.63, 3.8) is 0 Å². The SMILES string of the molecule is NC(=O)Oc1ccc(Oc2ccnc3[nH]c(=O)cnc23)c2ccccc12. The number of ether oxygens (including phenoxy) is 2. The molecule has 3 N–H and O–H groups in total. The number of pyridine rings is 1. The molecule has 0 bridgehead atoms. The Morgan fingerprint density at radius 1 is 0.962 bits per heavy atom. The number of nitrogens with zero attached hydrogens (tertiary/aromatic N) is 2. The summed E-state index contributed by atoms with van der Waals surface area (Å²) in [5.41, 5.74) is 5.52. The van der Waals surface area contributed by atoms with Crippen LogP contribution in [0.5, 0.6) is 17.2 Å². The minimum atomic E-state index is -0.892. The molecule has 0 spiro atoms. The van der Waals surface area contributed by atoms with Crippen LogP contribution in [0.15, 0.2) is 59.7 Å². The van der Waals surface area contributed by atoms with Crippen molar-refractivity contribution in [2.75, 3.05) is 0 Å². The zero-order valence-electron chi connectivity index (χ0n) is 13.3. The lowest BCUT2D eigenvalue weighted by molar-refractivity contribution is 0.211. The highest BCUT2D eigenvalue weighted by atomic mass is 16.5. The van der Waals surface area contributed by atoms with Gasteiger partial charge < -0.3 is 20.2 Å². The van der Waals surface area contributed by atoms with E-state index in [0.29, 0.717) is 33.8 Å². The normalized spacial score (nSPS) is 10.8. The molecule has 0 unspecified atom stereocenters. The number of aromatic nitrogens is 3.